The van der Waals surface area contributed by atoms with Crippen molar-refractivity contribution in [1.82, 2.24) is 24.8 Å². The molecule has 1 saturated heterocycles. The van der Waals surface area contributed by atoms with Crippen molar-refractivity contribution in [2.24, 2.45) is 0 Å². The Bertz CT molecular complexity index is 1130. The van der Waals surface area contributed by atoms with Crippen LogP contribution < -0.4 is 9.47 Å². The van der Waals surface area contributed by atoms with E-state index in [4.69, 9.17) is 9.47 Å². The molecule has 2 amide bonds. The maximum absolute atomic E-state index is 13.1. The van der Waals surface area contributed by atoms with Crippen LogP contribution in [0.3, 0.4) is 0 Å². The number of hydrogen-bond donors (Lipinski definition) is 0. The van der Waals surface area contributed by atoms with Crippen LogP contribution in [0.4, 0.5) is 0 Å². The van der Waals surface area contributed by atoms with Gasteiger partial charge in [0.05, 0.1) is 25.5 Å². The zero-order valence-corrected chi connectivity index (χ0v) is 18.9. The molecule has 32 heavy (non-hydrogen) atoms. The summed E-state index contributed by atoms with van der Waals surface area (Å²) in [5, 5.41) is 0.617. The third-order valence-corrected chi connectivity index (χ3v) is 6.38. The maximum Gasteiger partial charge on any atom is 0.265 e. The molecular weight excluding hydrogens is 430 g/mol. The first kappa shape index (κ1) is 21.7. The second-order valence-corrected chi connectivity index (χ2v) is 8.16. The largest absolute Gasteiger partial charge is 0.497 e. The van der Waals surface area contributed by atoms with Gasteiger partial charge in [-0.25, -0.2) is 15.0 Å². The molecule has 0 radical (unpaired) electrons. The molecule has 0 N–H and O–H groups in total. The van der Waals surface area contributed by atoms with Crippen molar-refractivity contribution in [3.8, 4) is 22.3 Å². The van der Waals surface area contributed by atoms with Gasteiger partial charge in [0.25, 0.3) is 11.8 Å². The van der Waals surface area contributed by atoms with Gasteiger partial charge in [0, 0.05) is 44.6 Å². The molecule has 0 aliphatic carbocycles. The highest BCUT2D eigenvalue weighted by Gasteiger charge is 2.29. The van der Waals surface area contributed by atoms with E-state index < -0.39 is 0 Å². The Kier molecular flexibility index (Phi) is 6.31. The fourth-order valence-corrected chi connectivity index (χ4v) is 4.48. The van der Waals surface area contributed by atoms with E-state index in [2.05, 4.69) is 15.0 Å². The fourth-order valence-electron chi connectivity index (χ4n) is 3.50. The Morgan fingerprint density at radius 1 is 0.969 bits per heavy atom. The second-order valence-electron chi connectivity index (χ2n) is 7.16. The quantitative estimate of drug-likeness (QED) is 0.585. The summed E-state index contributed by atoms with van der Waals surface area (Å²) in [4.78, 5) is 43.1. The van der Waals surface area contributed by atoms with Crippen molar-refractivity contribution in [2.75, 3.05) is 40.4 Å². The van der Waals surface area contributed by atoms with Gasteiger partial charge < -0.3 is 19.3 Å². The molecule has 2 aromatic heterocycles. The van der Waals surface area contributed by atoms with Gasteiger partial charge in [0.1, 0.15) is 16.4 Å². The highest BCUT2D eigenvalue weighted by molar-refractivity contribution is 7.17. The molecule has 1 aromatic carbocycles. The lowest BCUT2D eigenvalue weighted by Gasteiger charge is -2.34. The molecule has 0 atom stereocenters. The minimum absolute atomic E-state index is 0.0868. The third-order valence-electron chi connectivity index (χ3n) is 5.24. The van der Waals surface area contributed by atoms with E-state index in [1.807, 2.05) is 6.92 Å². The second kappa shape index (κ2) is 9.31. The summed E-state index contributed by atoms with van der Waals surface area (Å²) >= 11 is 1.29. The number of thiazole rings is 1. The predicted molar refractivity (Wildman–Crippen MR) is 119 cm³/mol. The Morgan fingerprint density at radius 2 is 1.62 bits per heavy atom. The van der Waals surface area contributed by atoms with E-state index in [9.17, 15) is 9.59 Å². The van der Waals surface area contributed by atoms with Crippen molar-refractivity contribution in [2.45, 2.75) is 6.92 Å². The van der Waals surface area contributed by atoms with Gasteiger partial charge in [-0.15, -0.1) is 11.3 Å². The average molecular weight is 454 g/mol. The van der Waals surface area contributed by atoms with Gasteiger partial charge in [-0.2, -0.15) is 0 Å². The summed E-state index contributed by atoms with van der Waals surface area (Å²) in [6, 6.07) is 6.85. The molecule has 1 aliphatic heterocycles. The number of ether oxygens (including phenoxy) is 2. The van der Waals surface area contributed by atoms with Crippen LogP contribution in [0.5, 0.6) is 11.5 Å². The summed E-state index contributed by atoms with van der Waals surface area (Å²) in [6.07, 6.45) is 3.29. The highest BCUT2D eigenvalue weighted by atomic mass is 32.1. The lowest BCUT2D eigenvalue weighted by molar-refractivity contribution is 0.0535. The monoisotopic (exact) mass is 453 g/mol. The predicted octanol–water partition coefficient (Wildman–Crippen LogP) is 2.52. The summed E-state index contributed by atoms with van der Waals surface area (Å²) in [7, 11) is 3.08. The van der Waals surface area contributed by atoms with E-state index in [1.165, 1.54) is 18.4 Å². The summed E-state index contributed by atoms with van der Waals surface area (Å²) in [6.45, 7) is 3.57. The minimum atomic E-state index is -0.130. The van der Waals surface area contributed by atoms with Gasteiger partial charge in [-0.3, -0.25) is 9.59 Å². The van der Waals surface area contributed by atoms with Crippen molar-refractivity contribution in [3.05, 3.63) is 52.8 Å². The van der Waals surface area contributed by atoms with Gasteiger partial charge in [-0.05, 0) is 25.1 Å². The van der Waals surface area contributed by atoms with Crippen LogP contribution in [0.2, 0.25) is 0 Å². The summed E-state index contributed by atoms with van der Waals surface area (Å²) in [5.74, 6) is 1.37. The van der Waals surface area contributed by atoms with Gasteiger partial charge in [0.2, 0.25) is 0 Å². The number of methoxy groups -OCH3 is 2. The first-order valence-electron chi connectivity index (χ1n) is 10.1. The summed E-state index contributed by atoms with van der Waals surface area (Å²) in [5.41, 5.74) is 1.13. The van der Waals surface area contributed by atoms with Crippen LogP contribution in [0.25, 0.3) is 10.8 Å². The highest BCUT2D eigenvalue weighted by Crippen LogP contribution is 2.28. The first-order chi connectivity index (χ1) is 15.5. The first-order valence-corrected chi connectivity index (χ1v) is 10.9. The SMILES string of the molecule is COc1ccc(C(=O)N2CCN(C(=O)c3sc(-c4ncccn4)nc3C)CC2)c(OC)c1. The lowest BCUT2D eigenvalue weighted by Crippen LogP contribution is -2.50. The number of nitrogens with zero attached hydrogens (tertiary/aromatic N) is 5. The lowest BCUT2D eigenvalue weighted by atomic mass is 10.1. The molecule has 0 bridgehead atoms. The number of carbonyl (C=O) groups excluding carboxylic acids is 2. The molecule has 1 aliphatic rings. The molecule has 9 nitrogen and oxygen atoms in total. The molecule has 3 aromatic rings. The van der Waals surface area contributed by atoms with Gasteiger partial charge >= 0.3 is 0 Å². The van der Waals surface area contributed by atoms with E-state index in [1.54, 1.807) is 53.6 Å². The fraction of sp³-hybridized carbons (Fsp3) is 0.318. The third kappa shape index (κ3) is 4.26. The smallest absolute Gasteiger partial charge is 0.265 e. The summed E-state index contributed by atoms with van der Waals surface area (Å²) < 4.78 is 10.6. The molecule has 166 valence electrons. The minimum Gasteiger partial charge on any atom is -0.497 e. The number of aromatic nitrogens is 3. The van der Waals surface area contributed by atoms with E-state index in [0.717, 1.165) is 0 Å². The molecule has 0 spiro atoms. The van der Waals surface area contributed by atoms with Crippen LogP contribution in [-0.4, -0.2) is 77.0 Å². The van der Waals surface area contributed by atoms with Gasteiger partial charge in [-0.1, -0.05) is 0 Å². The number of aryl methyl sites for hydroxylation is 1. The molecule has 1 fully saturated rings. The van der Waals surface area contributed by atoms with E-state index in [0.29, 0.717) is 64.6 Å². The van der Waals surface area contributed by atoms with E-state index in [-0.39, 0.29) is 11.8 Å². The number of carbonyl (C=O) groups is 2. The number of benzene rings is 1. The number of rotatable bonds is 5. The standard InChI is InChI=1S/C22H23N5O4S/c1-14-18(32-20(25-14)19-23-7-4-8-24-19)22(29)27-11-9-26(10-12-27)21(28)16-6-5-15(30-2)13-17(16)31-3/h4-8,13H,9-12H2,1-3H3. The van der Waals surface area contributed by atoms with Crippen molar-refractivity contribution in [3.63, 3.8) is 0 Å². The number of hydrogen-bond acceptors (Lipinski definition) is 8. The molecule has 10 heteroatoms. The van der Waals surface area contributed by atoms with Crippen molar-refractivity contribution in [1.29, 1.82) is 0 Å². The van der Waals surface area contributed by atoms with Crippen LogP contribution in [-0.2, 0) is 0 Å². The molecule has 3 heterocycles. The van der Waals surface area contributed by atoms with Gasteiger partial charge in [0.15, 0.2) is 10.8 Å². The number of amides is 2. The normalized spacial score (nSPS) is 13.7. The molecule has 0 saturated carbocycles. The molecule has 0 unspecified atom stereocenters. The average Bonchev–Trinajstić information content (AvgIpc) is 3.24. The van der Waals surface area contributed by atoms with Crippen LogP contribution >= 0.6 is 11.3 Å². The van der Waals surface area contributed by atoms with Crippen molar-refractivity contribution < 1.29 is 19.1 Å². The Balaban J connectivity index is 1.43. The number of piperazine rings is 1. The van der Waals surface area contributed by atoms with E-state index >= 15 is 0 Å². The Hall–Kier alpha value is -3.53. The van der Waals surface area contributed by atoms with Crippen LogP contribution in [0.15, 0.2) is 36.7 Å². The van der Waals surface area contributed by atoms with Crippen molar-refractivity contribution >= 4 is 23.2 Å². The maximum atomic E-state index is 13.1. The van der Waals surface area contributed by atoms with Crippen LogP contribution in [0, 0.1) is 6.92 Å². The molecular formula is C22H23N5O4S. The Morgan fingerprint density at radius 3 is 2.25 bits per heavy atom. The Labute approximate surface area is 189 Å². The molecule has 4 rings (SSSR count). The van der Waals surface area contributed by atoms with Crippen LogP contribution in [0.1, 0.15) is 25.7 Å². The zero-order chi connectivity index (χ0) is 22.7. The topological polar surface area (TPSA) is 97.8 Å². The zero-order valence-electron chi connectivity index (χ0n) is 18.1.